The highest BCUT2D eigenvalue weighted by molar-refractivity contribution is 5.95. The van der Waals surface area contributed by atoms with Crippen molar-refractivity contribution in [3.05, 3.63) is 102 Å². The number of allylic oxidation sites excluding steroid dienone is 2. The van der Waals surface area contributed by atoms with Crippen LogP contribution in [-0.4, -0.2) is 12.9 Å². The fraction of sp³-hybridized carbons (Fsp3) is 0.367. The molecule has 0 atom stereocenters. The summed E-state index contributed by atoms with van der Waals surface area (Å²) in [5.74, 6) is 1.50. The molecular weight excluding hydrogens is 402 g/mol. The Morgan fingerprint density at radius 2 is 1.48 bits per heavy atom. The van der Waals surface area contributed by atoms with Gasteiger partial charge in [0.2, 0.25) is 0 Å². The molecule has 0 unspecified atom stereocenters. The molecule has 0 saturated heterocycles. The lowest BCUT2D eigenvalue weighted by molar-refractivity contribution is 0.504. The van der Waals surface area contributed by atoms with Gasteiger partial charge < -0.3 is 10.6 Å². The minimum Gasteiger partial charge on any atom is -0.342 e. The lowest BCUT2D eigenvalue weighted by Gasteiger charge is -2.20. The van der Waals surface area contributed by atoms with E-state index in [9.17, 15) is 0 Å². The van der Waals surface area contributed by atoms with Crippen molar-refractivity contribution in [2.45, 2.75) is 61.8 Å². The van der Waals surface area contributed by atoms with E-state index in [0.29, 0.717) is 5.82 Å². The number of nitrogens with zero attached hydrogens (tertiary/aromatic N) is 1. The van der Waals surface area contributed by atoms with E-state index in [2.05, 4.69) is 106 Å². The van der Waals surface area contributed by atoms with Crippen molar-refractivity contribution in [1.82, 2.24) is 5.32 Å². The van der Waals surface area contributed by atoms with Crippen LogP contribution in [0.3, 0.4) is 0 Å². The Morgan fingerprint density at radius 1 is 0.939 bits per heavy atom. The van der Waals surface area contributed by atoms with E-state index in [1.54, 1.807) is 7.05 Å². The Kier molecular flexibility index (Phi) is 14.2. The molecule has 3 heteroatoms. The van der Waals surface area contributed by atoms with Gasteiger partial charge in [-0.05, 0) is 56.4 Å². The zero-order valence-electron chi connectivity index (χ0n) is 22.3. The van der Waals surface area contributed by atoms with Crippen molar-refractivity contribution < 1.29 is 0 Å². The van der Waals surface area contributed by atoms with Crippen LogP contribution in [0.4, 0.5) is 5.69 Å². The predicted octanol–water partition coefficient (Wildman–Crippen LogP) is 8.32. The summed E-state index contributed by atoms with van der Waals surface area (Å²) in [7, 11) is 1.77. The monoisotopic (exact) mass is 447 g/mol. The second kappa shape index (κ2) is 15.7. The summed E-state index contributed by atoms with van der Waals surface area (Å²) in [6.07, 6.45) is 3.06. The van der Waals surface area contributed by atoms with Gasteiger partial charge in [0, 0.05) is 12.7 Å². The zero-order chi connectivity index (χ0) is 25.4. The van der Waals surface area contributed by atoms with Gasteiger partial charge in [-0.2, -0.15) is 0 Å². The first-order chi connectivity index (χ1) is 15.5. The van der Waals surface area contributed by atoms with Gasteiger partial charge >= 0.3 is 0 Å². The number of rotatable bonds is 6. The molecule has 0 aliphatic heterocycles. The molecule has 2 aromatic carbocycles. The van der Waals surface area contributed by atoms with Gasteiger partial charge in [-0.15, -0.1) is 0 Å². The summed E-state index contributed by atoms with van der Waals surface area (Å²) < 4.78 is 0. The largest absolute Gasteiger partial charge is 0.342 e. The Bertz CT molecular complexity index is 896. The molecule has 2 rings (SSSR count). The molecule has 0 aromatic heterocycles. The Morgan fingerprint density at radius 3 is 1.94 bits per heavy atom. The number of aryl methyl sites for hydroxylation is 1. The van der Waals surface area contributed by atoms with E-state index < -0.39 is 0 Å². The third-order valence-electron chi connectivity index (χ3n) is 4.75. The molecular formula is C30H45N3. The van der Waals surface area contributed by atoms with Crippen LogP contribution in [0.15, 0.2) is 95.8 Å². The average molecular weight is 448 g/mol. The molecule has 0 aliphatic rings. The van der Waals surface area contributed by atoms with Crippen molar-refractivity contribution in [3.63, 3.8) is 0 Å². The molecule has 0 aliphatic carbocycles. The van der Waals surface area contributed by atoms with Gasteiger partial charge in [0.25, 0.3) is 0 Å². The van der Waals surface area contributed by atoms with E-state index in [-0.39, 0.29) is 5.41 Å². The summed E-state index contributed by atoms with van der Waals surface area (Å²) in [5, 5.41) is 6.43. The summed E-state index contributed by atoms with van der Waals surface area (Å²) in [4.78, 5) is 4.27. The SMILES string of the molecule is C=C(C)Cc1ccccc1.C=C(NC(/C=C(\C)C(C)(C)C)=NC)Nc1ccc(C)cc1.CC. The molecule has 0 saturated carbocycles. The molecule has 0 bridgehead atoms. The molecule has 33 heavy (non-hydrogen) atoms. The predicted molar refractivity (Wildman–Crippen MR) is 150 cm³/mol. The molecule has 0 spiro atoms. The van der Waals surface area contributed by atoms with Crippen LogP contribution in [0.25, 0.3) is 0 Å². The molecule has 2 N–H and O–H groups in total. The summed E-state index contributed by atoms with van der Waals surface area (Å²) >= 11 is 0. The van der Waals surface area contributed by atoms with Gasteiger partial charge in [0.1, 0.15) is 11.7 Å². The Hall–Kier alpha value is -3.07. The van der Waals surface area contributed by atoms with E-state index in [0.717, 1.165) is 17.9 Å². The molecule has 180 valence electrons. The van der Waals surface area contributed by atoms with Crippen molar-refractivity contribution in [2.75, 3.05) is 12.4 Å². The fourth-order valence-electron chi connectivity index (χ4n) is 2.52. The highest BCUT2D eigenvalue weighted by Gasteiger charge is 2.13. The van der Waals surface area contributed by atoms with Crippen molar-refractivity contribution in [2.24, 2.45) is 10.4 Å². The molecule has 0 heterocycles. The number of anilines is 1. The molecule has 0 fully saturated rings. The van der Waals surface area contributed by atoms with E-state index >= 15 is 0 Å². The Labute approximate surface area is 203 Å². The van der Waals surface area contributed by atoms with Crippen LogP contribution < -0.4 is 10.6 Å². The molecule has 2 aromatic rings. The van der Waals surface area contributed by atoms with Crippen LogP contribution in [0.2, 0.25) is 0 Å². The number of amidine groups is 1. The van der Waals surface area contributed by atoms with Gasteiger partial charge in [-0.25, -0.2) is 0 Å². The summed E-state index contributed by atoms with van der Waals surface area (Å²) in [6, 6.07) is 18.6. The number of hydrogen-bond donors (Lipinski definition) is 2. The molecule has 0 radical (unpaired) electrons. The van der Waals surface area contributed by atoms with E-state index in [4.69, 9.17) is 0 Å². The highest BCUT2D eigenvalue weighted by Crippen LogP contribution is 2.24. The van der Waals surface area contributed by atoms with Crippen LogP contribution in [0.5, 0.6) is 0 Å². The maximum absolute atomic E-state index is 4.27. The van der Waals surface area contributed by atoms with Gasteiger partial charge in [-0.3, -0.25) is 4.99 Å². The first-order valence-electron chi connectivity index (χ1n) is 11.6. The van der Waals surface area contributed by atoms with Crippen molar-refractivity contribution in [1.29, 1.82) is 0 Å². The van der Waals surface area contributed by atoms with Crippen molar-refractivity contribution >= 4 is 11.5 Å². The van der Waals surface area contributed by atoms with Gasteiger partial charge in [0.05, 0.1) is 0 Å². The lowest BCUT2D eigenvalue weighted by Crippen LogP contribution is -2.25. The molecule has 0 amide bonds. The van der Waals surface area contributed by atoms with Gasteiger partial charge in [0.15, 0.2) is 0 Å². The maximum Gasteiger partial charge on any atom is 0.126 e. The smallest absolute Gasteiger partial charge is 0.126 e. The van der Waals surface area contributed by atoms with Gasteiger partial charge in [-0.1, -0.05) is 107 Å². The van der Waals surface area contributed by atoms with Crippen molar-refractivity contribution in [3.8, 4) is 0 Å². The van der Waals surface area contributed by atoms with E-state index in [1.807, 2.05) is 39.0 Å². The molecule has 3 nitrogen and oxygen atoms in total. The summed E-state index contributed by atoms with van der Waals surface area (Å²) in [5.41, 5.74) is 6.19. The number of aliphatic imine (C=N–C) groups is 1. The van der Waals surface area contributed by atoms with Crippen LogP contribution in [0.1, 0.15) is 59.6 Å². The number of benzene rings is 2. The minimum atomic E-state index is 0.128. The quantitative estimate of drug-likeness (QED) is 0.265. The first kappa shape index (κ1) is 29.9. The summed E-state index contributed by atoms with van der Waals surface area (Å²) in [6.45, 7) is 24.6. The van der Waals surface area contributed by atoms with Crippen LogP contribution in [-0.2, 0) is 6.42 Å². The second-order valence-electron chi connectivity index (χ2n) is 8.90. The van der Waals surface area contributed by atoms with Crippen LogP contribution >= 0.6 is 0 Å². The topological polar surface area (TPSA) is 36.4 Å². The number of nitrogens with one attached hydrogen (secondary N) is 2. The maximum atomic E-state index is 4.27. The fourth-order valence-corrected chi connectivity index (χ4v) is 2.52. The Balaban J connectivity index is 0.000000709. The first-order valence-corrected chi connectivity index (χ1v) is 11.6. The average Bonchev–Trinajstić information content (AvgIpc) is 2.76. The second-order valence-corrected chi connectivity index (χ2v) is 8.90. The third-order valence-corrected chi connectivity index (χ3v) is 4.75. The highest BCUT2D eigenvalue weighted by atomic mass is 15.1. The minimum absolute atomic E-state index is 0.128. The standard InChI is InChI=1S/C18H27N3.C10H12.C2H6/c1-13-8-10-16(11-9-13)20-15(3)21-17(19-7)12-14(2)18(4,5)6;1-9(2)8-10-6-4-3-5-7-10;1-2/h8-12,20H,3H2,1-2,4-7H3,(H,19,21);3-7H,1,8H2,2H3;1-2H3/b14-12+;;. The third kappa shape index (κ3) is 13.8. The van der Waals surface area contributed by atoms with E-state index in [1.165, 1.54) is 22.3 Å². The number of hydrogen-bond acceptors (Lipinski definition) is 2. The lowest BCUT2D eigenvalue weighted by atomic mass is 9.87. The zero-order valence-corrected chi connectivity index (χ0v) is 22.3. The normalized spacial score (nSPS) is 11.3. The van der Waals surface area contributed by atoms with Crippen LogP contribution in [0, 0.1) is 12.3 Å².